The molecule has 4 aromatic rings. The molecule has 0 bridgehead atoms. The first-order valence-electron chi connectivity index (χ1n) is 10.8. The Balaban J connectivity index is 1.55. The number of nitrogens with zero attached hydrogens (tertiary/aromatic N) is 4. The van der Waals surface area contributed by atoms with E-state index in [1.54, 1.807) is 38.5 Å². The molecule has 0 unspecified atom stereocenters. The molecule has 0 aliphatic rings. The molecule has 0 radical (unpaired) electrons. The number of carbonyl (C=O) groups is 2. The molecule has 168 valence electrons. The van der Waals surface area contributed by atoms with Gasteiger partial charge < -0.3 is 10.2 Å². The van der Waals surface area contributed by atoms with Crippen molar-refractivity contribution in [3.05, 3.63) is 94.3 Å². The van der Waals surface area contributed by atoms with Crippen molar-refractivity contribution in [2.24, 2.45) is 0 Å². The summed E-state index contributed by atoms with van der Waals surface area (Å²) in [5.41, 5.74) is 5.73. The Kier molecular flexibility index (Phi) is 6.22. The van der Waals surface area contributed by atoms with Crippen molar-refractivity contribution in [2.45, 2.75) is 26.9 Å². The summed E-state index contributed by atoms with van der Waals surface area (Å²) in [7, 11) is 3.43. The molecule has 0 atom stereocenters. The van der Waals surface area contributed by atoms with Crippen LogP contribution in [0.25, 0.3) is 11.0 Å². The Hall–Kier alpha value is -4.00. The molecule has 2 aromatic carbocycles. The normalized spacial score (nSPS) is 10.9. The van der Waals surface area contributed by atoms with Gasteiger partial charge in [0, 0.05) is 31.9 Å². The minimum Gasteiger partial charge on any atom is -0.348 e. The van der Waals surface area contributed by atoms with Crippen LogP contribution in [0.5, 0.6) is 0 Å². The molecule has 4 rings (SSSR count). The number of rotatable bonds is 6. The van der Waals surface area contributed by atoms with E-state index in [1.165, 1.54) is 10.5 Å². The van der Waals surface area contributed by atoms with Crippen LogP contribution in [-0.2, 0) is 13.1 Å². The van der Waals surface area contributed by atoms with Crippen molar-refractivity contribution < 1.29 is 9.59 Å². The third kappa shape index (κ3) is 4.92. The second-order valence-electron chi connectivity index (χ2n) is 8.42. The van der Waals surface area contributed by atoms with Crippen molar-refractivity contribution in [3.8, 4) is 0 Å². The van der Waals surface area contributed by atoms with Crippen molar-refractivity contribution in [3.63, 3.8) is 0 Å². The number of pyridine rings is 1. The fourth-order valence-corrected chi connectivity index (χ4v) is 3.69. The molecule has 0 aliphatic heterocycles. The van der Waals surface area contributed by atoms with E-state index in [0.29, 0.717) is 35.2 Å². The van der Waals surface area contributed by atoms with E-state index in [9.17, 15) is 9.59 Å². The number of aryl methyl sites for hydroxylation is 2. The number of carbonyl (C=O) groups excluding carboxylic acids is 2. The van der Waals surface area contributed by atoms with Crippen molar-refractivity contribution in [1.29, 1.82) is 0 Å². The fraction of sp³-hybridized carbons (Fsp3) is 0.231. The maximum absolute atomic E-state index is 13.1. The number of amides is 2. The Morgan fingerprint density at radius 1 is 1.00 bits per heavy atom. The smallest absolute Gasteiger partial charge is 0.253 e. The molecule has 7 nitrogen and oxygen atoms in total. The number of nitrogens with one attached hydrogen (secondary N) is 1. The first kappa shape index (κ1) is 22.2. The van der Waals surface area contributed by atoms with Gasteiger partial charge in [-0.05, 0) is 43.2 Å². The number of hydrogen-bond acceptors (Lipinski definition) is 4. The van der Waals surface area contributed by atoms with Crippen molar-refractivity contribution in [1.82, 2.24) is 25.0 Å². The number of aromatic nitrogens is 3. The largest absolute Gasteiger partial charge is 0.348 e. The van der Waals surface area contributed by atoms with E-state index >= 15 is 0 Å². The van der Waals surface area contributed by atoms with E-state index in [4.69, 9.17) is 0 Å². The Morgan fingerprint density at radius 2 is 1.76 bits per heavy atom. The third-order valence-electron chi connectivity index (χ3n) is 5.47. The van der Waals surface area contributed by atoms with Gasteiger partial charge in [-0.3, -0.25) is 9.59 Å². The van der Waals surface area contributed by atoms with Gasteiger partial charge in [-0.1, -0.05) is 42.0 Å². The van der Waals surface area contributed by atoms with Gasteiger partial charge in [0.15, 0.2) is 5.65 Å². The SMILES string of the molecule is Cc1ccc(Cn2ncc3c(C(=O)NCc4cccc(C(=O)N(C)C)c4)cc(C)nc32)cc1. The Morgan fingerprint density at radius 3 is 2.48 bits per heavy atom. The molecule has 0 saturated heterocycles. The van der Waals surface area contributed by atoms with Crippen LogP contribution >= 0.6 is 0 Å². The van der Waals surface area contributed by atoms with Crippen LogP contribution in [0.1, 0.15) is 43.1 Å². The zero-order valence-corrected chi connectivity index (χ0v) is 19.3. The fourth-order valence-electron chi connectivity index (χ4n) is 3.69. The maximum atomic E-state index is 13.1. The summed E-state index contributed by atoms with van der Waals surface area (Å²) in [5, 5.41) is 8.17. The highest BCUT2D eigenvalue weighted by Crippen LogP contribution is 2.20. The summed E-state index contributed by atoms with van der Waals surface area (Å²) in [6, 6.07) is 17.3. The molecule has 7 heteroatoms. The highest BCUT2D eigenvalue weighted by atomic mass is 16.2. The molecule has 33 heavy (non-hydrogen) atoms. The van der Waals surface area contributed by atoms with Crippen LogP contribution in [0.4, 0.5) is 0 Å². The van der Waals surface area contributed by atoms with E-state index < -0.39 is 0 Å². The number of benzene rings is 2. The zero-order valence-electron chi connectivity index (χ0n) is 19.3. The maximum Gasteiger partial charge on any atom is 0.253 e. The molecule has 0 saturated carbocycles. The standard InChI is InChI=1S/C26H27N5O2/c1-17-8-10-19(11-9-17)16-31-24-23(15-28-31)22(12-18(2)29-24)25(32)27-14-20-6-5-7-21(13-20)26(33)30(3)4/h5-13,15H,14,16H2,1-4H3,(H,27,32). The molecular weight excluding hydrogens is 414 g/mol. The molecule has 1 N–H and O–H groups in total. The van der Waals surface area contributed by atoms with Crippen LogP contribution in [0.2, 0.25) is 0 Å². The monoisotopic (exact) mass is 441 g/mol. The van der Waals surface area contributed by atoms with Crippen LogP contribution in [-0.4, -0.2) is 45.6 Å². The van der Waals surface area contributed by atoms with E-state index in [2.05, 4.69) is 46.6 Å². The lowest BCUT2D eigenvalue weighted by atomic mass is 10.1. The van der Waals surface area contributed by atoms with Crippen LogP contribution in [0.15, 0.2) is 60.8 Å². The molecular formula is C26H27N5O2. The van der Waals surface area contributed by atoms with E-state index in [-0.39, 0.29) is 11.8 Å². The minimum absolute atomic E-state index is 0.0735. The zero-order chi connectivity index (χ0) is 23.5. The van der Waals surface area contributed by atoms with Crippen LogP contribution < -0.4 is 5.32 Å². The topological polar surface area (TPSA) is 80.1 Å². The Bertz CT molecular complexity index is 1320. The lowest BCUT2D eigenvalue weighted by molar-refractivity contribution is 0.0827. The summed E-state index contributed by atoms with van der Waals surface area (Å²) < 4.78 is 1.82. The van der Waals surface area contributed by atoms with Gasteiger partial charge in [0.25, 0.3) is 11.8 Å². The van der Waals surface area contributed by atoms with Crippen LogP contribution in [0, 0.1) is 13.8 Å². The minimum atomic E-state index is -0.204. The van der Waals surface area contributed by atoms with Gasteiger partial charge in [-0.2, -0.15) is 5.10 Å². The summed E-state index contributed by atoms with van der Waals surface area (Å²) in [4.78, 5) is 31.4. The van der Waals surface area contributed by atoms with Gasteiger partial charge in [0.2, 0.25) is 0 Å². The van der Waals surface area contributed by atoms with E-state index in [1.807, 2.05) is 23.7 Å². The molecule has 0 spiro atoms. The molecule has 2 heterocycles. The lowest BCUT2D eigenvalue weighted by Crippen LogP contribution is -2.24. The van der Waals surface area contributed by atoms with Crippen LogP contribution in [0.3, 0.4) is 0 Å². The number of hydrogen-bond donors (Lipinski definition) is 1. The van der Waals surface area contributed by atoms with Crippen molar-refractivity contribution >= 4 is 22.8 Å². The summed E-state index contributed by atoms with van der Waals surface area (Å²) >= 11 is 0. The predicted octanol–water partition coefficient (Wildman–Crippen LogP) is 3.73. The lowest BCUT2D eigenvalue weighted by Gasteiger charge is -2.12. The van der Waals surface area contributed by atoms with Gasteiger partial charge in [-0.25, -0.2) is 9.67 Å². The Labute approximate surface area is 193 Å². The molecule has 2 amide bonds. The first-order valence-corrected chi connectivity index (χ1v) is 10.8. The summed E-state index contributed by atoms with van der Waals surface area (Å²) in [5.74, 6) is -0.277. The van der Waals surface area contributed by atoms with Gasteiger partial charge in [0.05, 0.1) is 23.7 Å². The average Bonchev–Trinajstić information content (AvgIpc) is 3.20. The number of fused-ring (bicyclic) bond motifs is 1. The summed E-state index contributed by atoms with van der Waals surface area (Å²) in [6.07, 6.45) is 1.70. The van der Waals surface area contributed by atoms with Gasteiger partial charge >= 0.3 is 0 Å². The van der Waals surface area contributed by atoms with E-state index in [0.717, 1.165) is 16.8 Å². The van der Waals surface area contributed by atoms with Gasteiger partial charge in [-0.15, -0.1) is 0 Å². The van der Waals surface area contributed by atoms with Crippen molar-refractivity contribution in [2.75, 3.05) is 14.1 Å². The second-order valence-corrected chi connectivity index (χ2v) is 8.42. The molecule has 0 fully saturated rings. The predicted molar refractivity (Wildman–Crippen MR) is 128 cm³/mol. The summed E-state index contributed by atoms with van der Waals surface area (Å²) in [6.45, 7) is 4.82. The molecule has 0 aliphatic carbocycles. The van der Waals surface area contributed by atoms with Gasteiger partial charge in [0.1, 0.15) is 0 Å². The third-order valence-corrected chi connectivity index (χ3v) is 5.47. The highest BCUT2D eigenvalue weighted by molar-refractivity contribution is 6.05. The molecule has 2 aromatic heterocycles. The highest BCUT2D eigenvalue weighted by Gasteiger charge is 2.16. The first-order chi connectivity index (χ1) is 15.8. The quantitative estimate of drug-likeness (QED) is 0.494. The second kappa shape index (κ2) is 9.24. The average molecular weight is 442 g/mol.